The van der Waals surface area contributed by atoms with E-state index in [1.54, 1.807) is 31.3 Å². The van der Waals surface area contributed by atoms with E-state index < -0.39 is 4.92 Å². The van der Waals surface area contributed by atoms with Gasteiger partial charge in [-0.25, -0.2) is 9.97 Å². The number of anilines is 3. The van der Waals surface area contributed by atoms with Gasteiger partial charge < -0.3 is 10.6 Å². The molecule has 1 aromatic carbocycles. The highest BCUT2D eigenvalue weighted by Gasteiger charge is 2.25. The maximum Gasteiger partial charge on any atom is 0.353 e. The molecule has 0 aliphatic rings. The van der Waals surface area contributed by atoms with E-state index in [0.717, 1.165) is 6.33 Å². The summed E-state index contributed by atoms with van der Waals surface area (Å²) >= 11 is 0. The van der Waals surface area contributed by atoms with Crippen molar-refractivity contribution in [3.05, 3.63) is 46.3 Å². The molecular weight excluding hydrogens is 260 g/mol. The first-order valence-corrected chi connectivity index (χ1v) is 5.54. The smallest absolute Gasteiger partial charge is 0.353 e. The van der Waals surface area contributed by atoms with E-state index in [9.17, 15) is 10.1 Å². The summed E-state index contributed by atoms with van der Waals surface area (Å²) in [6.45, 7) is 0. The zero-order chi connectivity index (χ0) is 14.7. The SMILES string of the molecule is CN(c1ccccc1C#N)c1ncnc(N)c1[N+](=O)[O-]. The van der Waals surface area contributed by atoms with Crippen LogP contribution >= 0.6 is 0 Å². The van der Waals surface area contributed by atoms with Crippen LogP contribution in [0.4, 0.5) is 23.0 Å². The number of nitrogens with two attached hydrogens (primary N) is 1. The van der Waals surface area contributed by atoms with Crippen molar-refractivity contribution >= 4 is 23.0 Å². The topological polar surface area (TPSA) is 122 Å². The molecule has 8 heteroatoms. The molecule has 8 nitrogen and oxygen atoms in total. The van der Waals surface area contributed by atoms with Crippen LogP contribution in [0, 0.1) is 21.4 Å². The average Bonchev–Trinajstić information content (AvgIpc) is 2.45. The van der Waals surface area contributed by atoms with Gasteiger partial charge >= 0.3 is 5.69 Å². The maximum atomic E-state index is 11.1. The van der Waals surface area contributed by atoms with Gasteiger partial charge in [0.25, 0.3) is 0 Å². The van der Waals surface area contributed by atoms with Crippen LogP contribution < -0.4 is 10.6 Å². The summed E-state index contributed by atoms with van der Waals surface area (Å²) in [5.41, 5.74) is 6.01. The second-order valence-electron chi connectivity index (χ2n) is 3.88. The van der Waals surface area contributed by atoms with E-state index in [0.29, 0.717) is 11.3 Å². The fraction of sp³-hybridized carbons (Fsp3) is 0.0833. The number of nitro groups is 1. The highest BCUT2D eigenvalue weighted by molar-refractivity contribution is 5.76. The number of nitrogen functional groups attached to an aromatic ring is 1. The number of benzene rings is 1. The normalized spacial score (nSPS) is 9.80. The Labute approximate surface area is 114 Å². The van der Waals surface area contributed by atoms with Gasteiger partial charge in [-0.15, -0.1) is 0 Å². The van der Waals surface area contributed by atoms with Crippen molar-refractivity contribution in [1.29, 1.82) is 5.26 Å². The number of rotatable bonds is 3. The molecule has 0 aliphatic carbocycles. The summed E-state index contributed by atoms with van der Waals surface area (Å²) in [4.78, 5) is 19.4. The van der Waals surface area contributed by atoms with Gasteiger partial charge in [0.2, 0.25) is 11.6 Å². The minimum Gasteiger partial charge on any atom is -0.378 e. The van der Waals surface area contributed by atoms with Gasteiger partial charge in [0.1, 0.15) is 12.4 Å². The molecule has 2 N–H and O–H groups in total. The van der Waals surface area contributed by atoms with Crippen molar-refractivity contribution in [3.63, 3.8) is 0 Å². The zero-order valence-corrected chi connectivity index (χ0v) is 10.5. The Morgan fingerprint density at radius 1 is 1.40 bits per heavy atom. The molecule has 0 spiro atoms. The number of nitrogens with zero attached hydrogens (tertiary/aromatic N) is 5. The predicted molar refractivity (Wildman–Crippen MR) is 72.3 cm³/mol. The Morgan fingerprint density at radius 2 is 2.10 bits per heavy atom. The summed E-state index contributed by atoms with van der Waals surface area (Å²) in [5.74, 6) is -0.188. The third kappa shape index (κ3) is 2.20. The molecule has 0 saturated heterocycles. The number of nitriles is 1. The van der Waals surface area contributed by atoms with Crippen LogP contribution in [0.3, 0.4) is 0 Å². The summed E-state index contributed by atoms with van der Waals surface area (Å²) in [6, 6.07) is 8.74. The summed E-state index contributed by atoms with van der Waals surface area (Å²) in [6.07, 6.45) is 1.14. The van der Waals surface area contributed by atoms with Crippen molar-refractivity contribution in [2.75, 3.05) is 17.7 Å². The summed E-state index contributed by atoms with van der Waals surface area (Å²) in [5, 5.41) is 20.2. The molecule has 2 rings (SSSR count). The van der Waals surface area contributed by atoms with Gasteiger partial charge in [0.05, 0.1) is 16.2 Å². The van der Waals surface area contributed by atoms with Crippen molar-refractivity contribution < 1.29 is 4.92 Å². The maximum absolute atomic E-state index is 11.1. The average molecular weight is 270 g/mol. The molecule has 0 atom stereocenters. The molecule has 0 amide bonds. The number of para-hydroxylation sites is 1. The third-order valence-corrected chi connectivity index (χ3v) is 2.72. The van der Waals surface area contributed by atoms with Crippen LogP contribution in [0.5, 0.6) is 0 Å². The Hall–Kier alpha value is -3.21. The molecule has 1 heterocycles. The molecule has 0 radical (unpaired) electrons. The highest BCUT2D eigenvalue weighted by atomic mass is 16.6. The van der Waals surface area contributed by atoms with Crippen LogP contribution in [-0.2, 0) is 0 Å². The quantitative estimate of drug-likeness (QED) is 0.663. The number of hydrogen-bond acceptors (Lipinski definition) is 7. The molecule has 0 fully saturated rings. The molecule has 0 saturated carbocycles. The fourth-order valence-electron chi connectivity index (χ4n) is 1.78. The Balaban J connectivity index is 2.60. The summed E-state index contributed by atoms with van der Waals surface area (Å²) in [7, 11) is 1.57. The molecule has 0 aliphatic heterocycles. The summed E-state index contributed by atoms with van der Waals surface area (Å²) < 4.78 is 0. The van der Waals surface area contributed by atoms with Gasteiger partial charge in [-0.05, 0) is 12.1 Å². The van der Waals surface area contributed by atoms with Crippen LogP contribution in [0.1, 0.15) is 5.56 Å². The van der Waals surface area contributed by atoms with E-state index in [1.807, 2.05) is 6.07 Å². The Morgan fingerprint density at radius 3 is 2.75 bits per heavy atom. The lowest BCUT2D eigenvalue weighted by atomic mass is 10.2. The van der Waals surface area contributed by atoms with E-state index in [2.05, 4.69) is 9.97 Å². The molecular formula is C12H10N6O2. The molecule has 20 heavy (non-hydrogen) atoms. The number of aromatic nitrogens is 2. The monoisotopic (exact) mass is 270 g/mol. The fourth-order valence-corrected chi connectivity index (χ4v) is 1.78. The first kappa shape index (κ1) is 13.2. The standard InChI is InChI=1S/C12H10N6O2/c1-17(9-5-3-2-4-8(9)6-13)12-10(18(19)20)11(14)15-7-16-12/h2-5,7H,1H3,(H2,14,15,16). The molecule has 100 valence electrons. The predicted octanol–water partition coefficient (Wildman–Crippen LogP) is 1.61. The van der Waals surface area contributed by atoms with Gasteiger partial charge in [-0.1, -0.05) is 12.1 Å². The Kier molecular flexibility index (Phi) is 3.43. The van der Waals surface area contributed by atoms with Crippen molar-refractivity contribution in [2.24, 2.45) is 0 Å². The highest BCUT2D eigenvalue weighted by Crippen LogP contribution is 2.34. The van der Waals surface area contributed by atoms with Crippen molar-refractivity contribution in [3.8, 4) is 6.07 Å². The van der Waals surface area contributed by atoms with Crippen LogP contribution in [0.15, 0.2) is 30.6 Å². The van der Waals surface area contributed by atoms with E-state index in [4.69, 9.17) is 11.0 Å². The van der Waals surface area contributed by atoms with Gasteiger partial charge in [0, 0.05) is 7.05 Å². The second-order valence-corrected chi connectivity index (χ2v) is 3.88. The van der Waals surface area contributed by atoms with Gasteiger partial charge in [-0.2, -0.15) is 5.26 Å². The first-order valence-electron chi connectivity index (χ1n) is 5.54. The van der Waals surface area contributed by atoms with Crippen LogP contribution in [0.25, 0.3) is 0 Å². The lowest BCUT2D eigenvalue weighted by Gasteiger charge is -2.19. The van der Waals surface area contributed by atoms with Crippen molar-refractivity contribution in [1.82, 2.24) is 9.97 Å². The zero-order valence-electron chi connectivity index (χ0n) is 10.5. The minimum atomic E-state index is -0.643. The lowest BCUT2D eigenvalue weighted by Crippen LogP contribution is -2.16. The van der Waals surface area contributed by atoms with E-state index in [1.165, 1.54) is 4.90 Å². The Bertz CT molecular complexity index is 709. The molecule has 0 unspecified atom stereocenters. The minimum absolute atomic E-state index is 0.0326. The second kappa shape index (κ2) is 5.19. The molecule has 0 bridgehead atoms. The van der Waals surface area contributed by atoms with E-state index in [-0.39, 0.29) is 17.3 Å². The van der Waals surface area contributed by atoms with E-state index >= 15 is 0 Å². The third-order valence-electron chi connectivity index (χ3n) is 2.72. The molecule has 2 aromatic rings. The van der Waals surface area contributed by atoms with Gasteiger partial charge in [0.15, 0.2) is 0 Å². The first-order chi connectivity index (χ1) is 9.56. The van der Waals surface area contributed by atoms with Crippen LogP contribution in [-0.4, -0.2) is 21.9 Å². The largest absolute Gasteiger partial charge is 0.378 e. The number of hydrogen-bond donors (Lipinski definition) is 1. The molecule has 1 aromatic heterocycles. The van der Waals surface area contributed by atoms with Crippen LogP contribution in [0.2, 0.25) is 0 Å². The van der Waals surface area contributed by atoms with Crippen molar-refractivity contribution in [2.45, 2.75) is 0 Å². The van der Waals surface area contributed by atoms with Gasteiger partial charge in [-0.3, -0.25) is 10.1 Å². The lowest BCUT2D eigenvalue weighted by molar-refractivity contribution is -0.383.